The Hall–Kier alpha value is -2.39. The van der Waals surface area contributed by atoms with Crippen LogP contribution in [0.5, 0.6) is 17.2 Å². The third-order valence-electron chi connectivity index (χ3n) is 3.74. The van der Waals surface area contributed by atoms with E-state index >= 15 is 0 Å². The summed E-state index contributed by atoms with van der Waals surface area (Å²) in [4.78, 5) is 8.14. The van der Waals surface area contributed by atoms with Crippen molar-refractivity contribution in [3.8, 4) is 17.2 Å². The highest BCUT2D eigenvalue weighted by Gasteiger charge is 2.32. The van der Waals surface area contributed by atoms with E-state index < -0.39 is 13.9 Å². The summed E-state index contributed by atoms with van der Waals surface area (Å²) in [5.74, 6) is 0.698. The van der Waals surface area contributed by atoms with E-state index in [1.54, 1.807) is 38.4 Å². The number of aromatic nitrogens is 2. The minimum absolute atomic E-state index is 0.143. The molecule has 160 valence electrons. The zero-order valence-corrected chi connectivity index (χ0v) is 17.7. The quantitative estimate of drug-likeness (QED) is 0.486. The van der Waals surface area contributed by atoms with Crippen LogP contribution in [0.3, 0.4) is 0 Å². The first-order valence-corrected chi connectivity index (χ1v) is 10.4. The summed E-state index contributed by atoms with van der Waals surface area (Å²) in [5.41, 5.74) is 0.521. The fraction of sp³-hybridized carbons (Fsp3) is 0.444. The molecular formula is C18H26N3O7P. The van der Waals surface area contributed by atoms with Gasteiger partial charge in [0.25, 0.3) is 0 Å². The van der Waals surface area contributed by atoms with Gasteiger partial charge in [-0.2, -0.15) is 0 Å². The number of aromatic hydroxyl groups is 1. The Bertz CT molecular complexity index is 787. The van der Waals surface area contributed by atoms with E-state index in [4.69, 9.17) is 23.0 Å². The number of hydrogen-bond acceptors (Lipinski definition) is 10. The van der Waals surface area contributed by atoms with Gasteiger partial charge in [0, 0.05) is 18.9 Å². The van der Waals surface area contributed by atoms with Crippen molar-refractivity contribution < 1.29 is 32.7 Å². The monoisotopic (exact) mass is 427 g/mol. The number of phosphoric ester groups is 1. The third kappa shape index (κ3) is 6.30. The fourth-order valence-corrected chi connectivity index (χ4v) is 3.81. The maximum Gasteiger partial charge on any atom is 0.475 e. The van der Waals surface area contributed by atoms with Gasteiger partial charge in [-0.3, -0.25) is 18.6 Å². The lowest BCUT2D eigenvalue weighted by molar-refractivity contribution is 0.0881. The first-order valence-electron chi connectivity index (χ1n) is 8.98. The number of nitrogens with zero attached hydrogens (tertiary/aromatic N) is 2. The Morgan fingerprint density at radius 3 is 2.21 bits per heavy atom. The van der Waals surface area contributed by atoms with Crippen LogP contribution in [0.25, 0.3) is 0 Å². The molecule has 0 aliphatic carbocycles. The molecule has 0 aliphatic heterocycles. The van der Waals surface area contributed by atoms with Crippen molar-refractivity contribution in [3.63, 3.8) is 0 Å². The van der Waals surface area contributed by atoms with Gasteiger partial charge >= 0.3 is 7.82 Å². The number of anilines is 1. The van der Waals surface area contributed by atoms with E-state index in [2.05, 4.69) is 15.3 Å². The van der Waals surface area contributed by atoms with Crippen LogP contribution in [-0.4, -0.2) is 49.1 Å². The van der Waals surface area contributed by atoms with E-state index in [1.807, 2.05) is 0 Å². The molecule has 2 N–H and O–H groups in total. The van der Waals surface area contributed by atoms with Crippen LogP contribution in [-0.2, 0) is 18.1 Å². The zero-order chi connectivity index (χ0) is 21.3. The lowest BCUT2D eigenvalue weighted by Gasteiger charge is -2.25. The molecule has 11 heteroatoms. The Morgan fingerprint density at radius 1 is 1.10 bits per heavy atom. The highest BCUT2D eigenvalue weighted by Crippen LogP contribution is 2.53. The molecule has 1 atom stereocenters. The van der Waals surface area contributed by atoms with Crippen LogP contribution >= 0.6 is 7.82 Å². The molecule has 0 bridgehead atoms. The minimum atomic E-state index is -3.84. The number of methoxy groups -OCH3 is 2. The van der Waals surface area contributed by atoms with E-state index in [-0.39, 0.29) is 37.0 Å². The number of phenolic OH excluding ortho intramolecular Hbond substituents is 1. The predicted molar refractivity (Wildman–Crippen MR) is 106 cm³/mol. The standard InChI is InChI=1S/C18H26N3O7P/c1-5-26-29(23,27-6-2)28-16(11-21-17-12-19-7-8-20-17)13-9-14(24-3)18(22)15(10-13)25-4/h7-10,12,16,22H,5-6,11H2,1-4H3,(H,20,21). The van der Waals surface area contributed by atoms with E-state index in [1.165, 1.54) is 20.4 Å². The minimum Gasteiger partial charge on any atom is -0.502 e. The Labute approximate surface area is 169 Å². The smallest absolute Gasteiger partial charge is 0.475 e. The Kier molecular flexibility index (Phi) is 8.66. The lowest BCUT2D eigenvalue weighted by atomic mass is 10.1. The summed E-state index contributed by atoms with van der Waals surface area (Å²) >= 11 is 0. The molecule has 0 aliphatic rings. The number of phosphoric acid groups is 1. The normalized spacial score (nSPS) is 12.4. The molecule has 0 amide bonds. The van der Waals surface area contributed by atoms with Gasteiger partial charge in [0.15, 0.2) is 11.5 Å². The van der Waals surface area contributed by atoms with Gasteiger partial charge < -0.3 is 19.9 Å². The molecule has 0 spiro atoms. The SMILES string of the molecule is CCOP(=O)(OCC)OC(CNc1cnccn1)c1cc(OC)c(O)c(OC)c1. The molecule has 2 rings (SSSR count). The van der Waals surface area contributed by atoms with Gasteiger partial charge in [0.05, 0.1) is 33.6 Å². The molecule has 2 aromatic rings. The van der Waals surface area contributed by atoms with Crippen LogP contribution in [0.4, 0.5) is 5.82 Å². The molecule has 29 heavy (non-hydrogen) atoms. The van der Waals surface area contributed by atoms with Crippen LogP contribution in [0, 0.1) is 0 Å². The van der Waals surface area contributed by atoms with Crippen molar-refractivity contribution in [2.75, 3.05) is 39.3 Å². The Morgan fingerprint density at radius 2 is 1.72 bits per heavy atom. The topological polar surface area (TPSA) is 121 Å². The van der Waals surface area contributed by atoms with E-state index in [0.717, 1.165) is 0 Å². The van der Waals surface area contributed by atoms with Gasteiger partial charge in [-0.1, -0.05) is 0 Å². The molecule has 0 saturated carbocycles. The average Bonchev–Trinajstić information content (AvgIpc) is 2.72. The first-order chi connectivity index (χ1) is 14.0. The molecule has 10 nitrogen and oxygen atoms in total. The number of ether oxygens (including phenoxy) is 2. The molecule has 1 unspecified atom stereocenters. The summed E-state index contributed by atoms with van der Waals surface area (Å²) in [6.07, 6.45) is 3.81. The summed E-state index contributed by atoms with van der Waals surface area (Å²) in [6.45, 7) is 3.82. The number of benzene rings is 1. The van der Waals surface area contributed by atoms with Crippen molar-refractivity contribution >= 4 is 13.6 Å². The largest absolute Gasteiger partial charge is 0.502 e. The van der Waals surface area contributed by atoms with Crippen molar-refractivity contribution in [1.29, 1.82) is 0 Å². The highest BCUT2D eigenvalue weighted by atomic mass is 31.2. The first kappa shape index (κ1) is 22.9. The number of phenols is 1. The molecular weight excluding hydrogens is 401 g/mol. The van der Waals surface area contributed by atoms with Gasteiger partial charge in [-0.15, -0.1) is 0 Å². The molecule has 1 aromatic heterocycles. The van der Waals surface area contributed by atoms with E-state index in [9.17, 15) is 9.67 Å². The van der Waals surface area contributed by atoms with Gasteiger partial charge in [-0.25, -0.2) is 9.55 Å². The second-order valence-corrected chi connectivity index (χ2v) is 7.24. The van der Waals surface area contributed by atoms with Crippen molar-refractivity contribution in [1.82, 2.24) is 9.97 Å². The predicted octanol–water partition coefficient (Wildman–Crippen LogP) is 3.55. The third-order valence-corrected chi connectivity index (χ3v) is 5.40. The number of rotatable bonds is 12. The molecule has 0 fully saturated rings. The second-order valence-electron chi connectivity index (χ2n) is 5.62. The second kappa shape index (κ2) is 11.0. The zero-order valence-electron chi connectivity index (χ0n) is 16.8. The highest BCUT2D eigenvalue weighted by molar-refractivity contribution is 7.48. The van der Waals surface area contributed by atoms with Crippen LogP contribution in [0.15, 0.2) is 30.7 Å². The number of hydrogen-bond donors (Lipinski definition) is 2. The van der Waals surface area contributed by atoms with Crippen LogP contribution in [0.1, 0.15) is 25.5 Å². The fourth-order valence-electron chi connectivity index (χ4n) is 2.47. The average molecular weight is 427 g/mol. The molecule has 1 heterocycles. The lowest BCUT2D eigenvalue weighted by Crippen LogP contribution is -2.17. The summed E-state index contributed by atoms with van der Waals surface area (Å²) in [6, 6.07) is 3.12. The molecule has 0 saturated heterocycles. The van der Waals surface area contributed by atoms with Gasteiger partial charge in [0.1, 0.15) is 11.9 Å². The molecule has 0 radical (unpaired) electrons. The maximum absolute atomic E-state index is 12.9. The maximum atomic E-state index is 12.9. The van der Waals surface area contributed by atoms with Gasteiger partial charge in [0.2, 0.25) is 5.75 Å². The van der Waals surface area contributed by atoms with Crippen molar-refractivity contribution in [2.45, 2.75) is 20.0 Å². The van der Waals surface area contributed by atoms with Crippen LogP contribution in [0.2, 0.25) is 0 Å². The number of nitrogens with one attached hydrogen (secondary N) is 1. The summed E-state index contributed by atoms with van der Waals surface area (Å²) in [5, 5.41) is 13.2. The van der Waals surface area contributed by atoms with E-state index in [0.29, 0.717) is 11.4 Å². The van der Waals surface area contributed by atoms with Crippen molar-refractivity contribution in [3.05, 3.63) is 36.3 Å². The Balaban J connectivity index is 2.39. The summed E-state index contributed by atoms with van der Waals surface area (Å²) < 4.78 is 39.6. The van der Waals surface area contributed by atoms with Crippen LogP contribution < -0.4 is 14.8 Å². The van der Waals surface area contributed by atoms with Crippen molar-refractivity contribution in [2.24, 2.45) is 0 Å². The van der Waals surface area contributed by atoms with Gasteiger partial charge in [-0.05, 0) is 31.5 Å². The summed E-state index contributed by atoms with van der Waals surface area (Å²) in [7, 11) is -1.01. The molecule has 1 aromatic carbocycles.